The van der Waals surface area contributed by atoms with Gasteiger partial charge in [-0.3, -0.25) is 4.79 Å². The van der Waals surface area contributed by atoms with Gasteiger partial charge < -0.3 is 15.8 Å². The first-order valence-corrected chi connectivity index (χ1v) is 6.98. The molecule has 2 rings (SSSR count). The van der Waals surface area contributed by atoms with Crippen molar-refractivity contribution < 1.29 is 13.9 Å². The highest BCUT2D eigenvalue weighted by atomic mass is 19.1. The summed E-state index contributed by atoms with van der Waals surface area (Å²) in [5, 5.41) is 2.80. The predicted molar refractivity (Wildman–Crippen MR) is 75.2 cm³/mol. The number of ether oxygens (including phenoxy) is 1. The molecule has 1 saturated carbocycles. The quantitative estimate of drug-likeness (QED) is 0.887. The third-order valence-electron chi connectivity index (χ3n) is 3.87. The van der Waals surface area contributed by atoms with Gasteiger partial charge in [0.2, 0.25) is 0 Å². The smallest absolute Gasteiger partial charge is 0.258 e. The first kappa shape index (κ1) is 14.8. The highest BCUT2D eigenvalue weighted by Crippen LogP contribution is 2.24. The lowest BCUT2D eigenvalue weighted by Gasteiger charge is -2.26. The van der Waals surface area contributed by atoms with Gasteiger partial charge in [-0.15, -0.1) is 0 Å². The maximum Gasteiger partial charge on any atom is 0.258 e. The fourth-order valence-electron chi connectivity index (χ4n) is 2.61. The van der Waals surface area contributed by atoms with E-state index in [1.807, 2.05) is 0 Å². The molecule has 0 heterocycles. The van der Waals surface area contributed by atoms with E-state index in [4.69, 9.17) is 10.5 Å². The molecule has 0 bridgehead atoms. The summed E-state index contributed by atoms with van der Waals surface area (Å²) in [6.45, 7) is 0.559. The van der Waals surface area contributed by atoms with Crippen LogP contribution in [0.2, 0.25) is 0 Å². The largest absolute Gasteiger partial charge is 0.496 e. The molecule has 0 aromatic heterocycles. The van der Waals surface area contributed by atoms with Gasteiger partial charge in [0.1, 0.15) is 17.1 Å². The van der Waals surface area contributed by atoms with E-state index in [9.17, 15) is 9.18 Å². The fourth-order valence-corrected chi connectivity index (χ4v) is 2.61. The molecule has 1 aromatic rings. The zero-order chi connectivity index (χ0) is 14.5. The molecule has 0 saturated heterocycles. The Morgan fingerprint density at radius 3 is 2.75 bits per heavy atom. The van der Waals surface area contributed by atoms with Gasteiger partial charge in [0.25, 0.3) is 5.91 Å². The van der Waals surface area contributed by atoms with Crippen molar-refractivity contribution in [2.75, 3.05) is 13.7 Å². The van der Waals surface area contributed by atoms with Crippen LogP contribution in [0.3, 0.4) is 0 Å². The normalized spacial score (nSPS) is 22.4. The zero-order valence-electron chi connectivity index (χ0n) is 11.7. The van der Waals surface area contributed by atoms with Gasteiger partial charge in [-0.2, -0.15) is 0 Å². The second kappa shape index (κ2) is 6.70. The molecule has 1 aliphatic carbocycles. The maximum atomic E-state index is 13.7. The molecule has 3 N–H and O–H groups in total. The lowest BCUT2D eigenvalue weighted by atomic mass is 9.86. The van der Waals surface area contributed by atoms with Crippen LogP contribution in [-0.2, 0) is 0 Å². The van der Waals surface area contributed by atoms with Crippen molar-refractivity contribution in [2.24, 2.45) is 11.7 Å². The molecule has 110 valence electrons. The predicted octanol–water partition coefficient (Wildman–Crippen LogP) is 2.08. The summed E-state index contributed by atoms with van der Waals surface area (Å²) in [5.74, 6) is -0.299. The van der Waals surface area contributed by atoms with Crippen LogP contribution in [0.15, 0.2) is 18.2 Å². The van der Waals surface area contributed by atoms with Crippen molar-refractivity contribution in [2.45, 2.75) is 31.7 Å². The topological polar surface area (TPSA) is 64.3 Å². The van der Waals surface area contributed by atoms with Gasteiger partial charge in [-0.05, 0) is 43.7 Å². The average molecular weight is 280 g/mol. The Hall–Kier alpha value is -1.62. The zero-order valence-corrected chi connectivity index (χ0v) is 11.7. The third-order valence-corrected chi connectivity index (χ3v) is 3.87. The minimum Gasteiger partial charge on any atom is -0.496 e. The summed E-state index contributed by atoms with van der Waals surface area (Å²) >= 11 is 0. The minimum absolute atomic E-state index is 0.0255. The number of hydrogen-bond acceptors (Lipinski definition) is 3. The molecule has 1 aromatic carbocycles. The number of benzene rings is 1. The van der Waals surface area contributed by atoms with Crippen LogP contribution in [0.4, 0.5) is 4.39 Å². The van der Waals surface area contributed by atoms with Gasteiger partial charge in [0.05, 0.1) is 7.11 Å². The van der Waals surface area contributed by atoms with E-state index < -0.39 is 11.7 Å². The Bertz CT molecular complexity index is 471. The van der Waals surface area contributed by atoms with Gasteiger partial charge in [0, 0.05) is 12.6 Å². The number of hydrogen-bond donors (Lipinski definition) is 2. The molecule has 5 heteroatoms. The van der Waals surface area contributed by atoms with Crippen LogP contribution in [-0.4, -0.2) is 25.6 Å². The lowest BCUT2D eigenvalue weighted by Crippen LogP contribution is -2.34. The first-order valence-electron chi connectivity index (χ1n) is 6.98. The number of rotatable bonds is 4. The summed E-state index contributed by atoms with van der Waals surface area (Å²) in [5.41, 5.74) is 5.82. The average Bonchev–Trinajstić information content (AvgIpc) is 2.46. The monoisotopic (exact) mass is 280 g/mol. The highest BCUT2D eigenvalue weighted by molar-refractivity contribution is 5.97. The molecule has 4 nitrogen and oxygen atoms in total. The van der Waals surface area contributed by atoms with Crippen LogP contribution in [0.5, 0.6) is 5.75 Å². The summed E-state index contributed by atoms with van der Waals surface area (Å²) in [7, 11) is 1.42. The van der Waals surface area contributed by atoms with E-state index in [0.29, 0.717) is 12.5 Å². The standard InChI is InChI=1S/C15H21FN2O2/c1-20-13-4-2-3-12(16)14(13)15(19)18-9-10-5-7-11(17)8-6-10/h2-4,10-11H,5-9,17H2,1H3,(H,18,19). The second-order valence-electron chi connectivity index (χ2n) is 5.31. The maximum absolute atomic E-state index is 13.7. The van der Waals surface area contributed by atoms with E-state index in [2.05, 4.69) is 5.32 Å². The molecule has 1 amide bonds. The van der Waals surface area contributed by atoms with Crippen LogP contribution in [0.25, 0.3) is 0 Å². The molecule has 0 aliphatic heterocycles. The van der Waals surface area contributed by atoms with Crippen molar-refractivity contribution in [1.82, 2.24) is 5.32 Å². The van der Waals surface area contributed by atoms with E-state index in [1.54, 1.807) is 6.07 Å². The molecule has 20 heavy (non-hydrogen) atoms. The van der Waals surface area contributed by atoms with Crippen LogP contribution < -0.4 is 15.8 Å². The number of methoxy groups -OCH3 is 1. The van der Waals surface area contributed by atoms with Crippen molar-refractivity contribution in [1.29, 1.82) is 0 Å². The van der Waals surface area contributed by atoms with Crippen LogP contribution in [0.1, 0.15) is 36.0 Å². The van der Waals surface area contributed by atoms with E-state index >= 15 is 0 Å². The molecule has 0 radical (unpaired) electrons. The van der Waals surface area contributed by atoms with Crippen LogP contribution in [0, 0.1) is 11.7 Å². The molecule has 1 fully saturated rings. The number of carbonyl (C=O) groups is 1. The molecule has 0 unspecified atom stereocenters. The summed E-state index contributed by atoms with van der Waals surface area (Å²) < 4.78 is 18.8. The van der Waals surface area contributed by atoms with Gasteiger partial charge in [0.15, 0.2) is 0 Å². The molecular weight excluding hydrogens is 259 g/mol. The lowest BCUT2D eigenvalue weighted by molar-refractivity contribution is 0.0935. The third kappa shape index (κ3) is 3.48. The number of nitrogens with one attached hydrogen (secondary N) is 1. The van der Waals surface area contributed by atoms with Crippen molar-refractivity contribution in [3.05, 3.63) is 29.6 Å². The summed E-state index contributed by atoms with van der Waals surface area (Å²) in [6, 6.07) is 4.65. The Morgan fingerprint density at radius 1 is 1.40 bits per heavy atom. The summed E-state index contributed by atoms with van der Waals surface area (Å²) in [4.78, 5) is 12.1. The number of carbonyl (C=O) groups excluding carboxylic acids is 1. The van der Waals surface area contributed by atoms with E-state index in [-0.39, 0.29) is 17.4 Å². The minimum atomic E-state index is -0.562. The SMILES string of the molecule is COc1cccc(F)c1C(=O)NCC1CCC(N)CC1. The molecule has 0 spiro atoms. The second-order valence-corrected chi connectivity index (χ2v) is 5.31. The number of halogens is 1. The Balaban J connectivity index is 1.95. The Kier molecular flexibility index (Phi) is 4.95. The Morgan fingerprint density at radius 2 is 2.10 bits per heavy atom. The van der Waals surface area contributed by atoms with Gasteiger partial charge in [-0.1, -0.05) is 6.07 Å². The number of amides is 1. The van der Waals surface area contributed by atoms with Crippen LogP contribution >= 0.6 is 0 Å². The van der Waals surface area contributed by atoms with E-state index in [0.717, 1.165) is 25.7 Å². The van der Waals surface area contributed by atoms with Crippen molar-refractivity contribution >= 4 is 5.91 Å². The molecule has 0 atom stereocenters. The molecule has 1 aliphatic rings. The van der Waals surface area contributed by atoms with Crippen molar-refractivity contribution in [3.63, 3.8) is 0 Å². The number of nitrogens with two attached hydrogens (primary N) is 1. The van der Waals surface area contributed by atoms with Gasteiger partial charge >= 0.3 is 0 Å². The van der Waals surface area contributed by atoms with Crippen molar-refractivity contribution in [3.8, 4) is 5.75 Å². The van der Waals surface area contributed by atoms with Gasteiger partial charge in [-0.25, -0.2) is 4.39 Å². The highest BCUT2D eigenvalue weighted by Gasteiger charge is 2.21. The molecular formula is C15H21FN2O2. The van der Waals surface area contributed by atoms with E-state index in [1.165, 1.54) is 19.2 Å². The first-order chi connectivity index (χ1) is 9.61. The Labute approximate surface area is 118 Å². The summed E-state index contributed by atoms with van der Waals surface area (Å²) in [6.07, 6.45) is 4.00. The fraction of sp³-hybridized carbons (Fsp3) is 0.533.